The lowest BCUT2D eigenvalue weighted by Gasteiger charge is -2.07. The van der Waals surface area contributed by atoms with E-state index in [9.17, 15) is 14.4 Å². The van der Waals surface area contributed by atoms with Gasteiger partial charge in [-0.1, -0.05) is 12.1 Å². The van der Waals surface area contributed by atoms with Gasteiger partial charge in [-0.05, 0) is 38.5 Å². The molecule has 1 aromatic rings. The first-order valence-corrected chi connectivity index (χ1v) is 6.82. The van der Waals surface area contributed by atoms with Crippen LogP contribution in [0.2, 0.25) is 0 Å². The first-order chi connectivity index (χ1) is 10.5. The average molecular weight is 306 g/mol. The van der Waals surface area contributed by atoms with Crippen LogP contribution in [0.5, 0.6) is 5.75 Å². The molecule has 0 spiro atoms. The van der Waals surface area contributed by atoms with E-state index in [0.29, 0.717) is 5.75 Å². The molecule has 0 bridgehead atoms. The zero-order valence-electron chi connectivity index (χ0n) is 12.8. The molecule has 0 radical (unpaired) electrons. The Morgan fingerprint density at radius 1 is 1.05 bits per heavy atom. The van der Waals surface area contributed by atoms with Crippen molar-refractivity contribution in [1.29, 1.82) is 0 Å². The van der Waals surface area contributed by atoms with Gasteiger partial charge >= 0.3 is 17.9 Å². The van der Waals surface area contributed by atoms with Crippen molar-refractivity contribution in [2.45, 2.75) is 20.8 Å². The monoisotopic (exact) mass is 306 g/mol. The van der Waals surface area contributed by atoms with Crippen LogP contribution in [-0.4, -0.2) is 31.1 Å². The number of esters is 3. The number of ether oxygens (including phenoxy) is 3. The van der Waals surface area contributed by atoms with E-state index >= 15 is 0 Å². The lowest BCUT2D eigenvalue weighted by atomic mass is 10.2. The zero-order chi connectivity index (χ0) is 16.5. The molecule has 22 heavy (non-hydrogen) atoms. The van der Waals surface area contributed by atoms with Gasteiger partial charge in [-0.3, -0.25) is 0 Å². The van der Waals surface area contributed by atoms with Gasteiger partial charge in [-0.25, -0.2) is 14.4 Å². The molecule has 0 fully saturated rings. The summed E-state index contributed by atoms with van der Waals surface area (Å²) in [5.74, 6) is -2.40. The number of benzene rings is 1. The lowest BCUT2D eigenvalue weighted by molar-refractivity contribution is -0.147. The molecule has 0 aliphatic carbocycles. The van der Waals surface area contributed by atoms with Crippen molar-refractivity contribution in [2.75, 3.05) is 13.2 Å². The Morgan fingerprint density at radius 2 is 1.64 bits per heavy atom. The fraction of sp³-hybridized carbons (Fsp3) is 0.312. The molecule has 6 nitrogen and oxygen atoms in total. The second-order valence-electron chi connectivity index (χ2n) is 4.24. The molecular formula is C16H18O6. The largest absolute Gasteiger partial charge is 0.462 e. The molecule has 0 aliphatic rings. The smallest absolute Gasteiger partial charge is 0.345 e. The maximum Gasteiger partial charge on any atom is 0.345 e. The van der Waals surface area contributed by atoms with Crippen LogP contribution in [0.1, 0.15) is 19.4 Å². The fourth-order valence-electron chi connectivity index (χ4n) is 1.56. The Labute approximate surface area is 128 Å². The number of rotatable bonds is 6. The summed E-state index contributed by atoms with van der Waals surface area (Å²) in [7, 11) is 0. The van der Waals surface area contributed by atoms with Gasteiger partial charge in [0.05, 0.1) is 13.2 Å². The minimum atomic E-state index is -0.929. The Balaban J connectivity index is 2.92. The second kappa shape index (κ2) is 8.61. The molecule has 0 aromatic heterocycles. The van der Waals surface area contributed by atoms with Crippen molar-refractivity contribution < 1.29 is 28.6 Å². The highest BCUT2D eigenvalue weighted by Crippen LogP contribution is 2.13. The Hall–Kier alpha value is -2.63. The number of carbonyl (C=O) groups excluding carboxylic acids is 3. The van der Waals surface area contributed by atoms with Crippen LogP contribution >= 0.6 is 0 Å². The van der Waals surface area contributed by atoms with E-state index in [0.717, 1.165) is 11.6 Å². The molecule has 0 saturated carbocycles. The number of carbonyl (C=O) groups is 3. The third kappa shape index (κ3) is 5.40. The van der Waals surface area contributed by atoms with E-state index < -0.39 is 23.5 Å². The van der Waals surface area contributed by atoms with E-state index in [2.05, 4.69) is 0 Å². The highest BCUT2D eigenvalue weighted by Gasteiger charge is 2.23. The second-order valence-corrected chi connectivity index (χ2v) is 4.24. The van der Waals surface area contributed by atoms with E-state index in [-0.39, 0.29) is 13.2 Å². The third-order valence-corrected chi connectivity index (χ3v) is 2.46. The summed E-state index contributed by atoms with van der Waals surface area (Å²) < 4.78 is 14.5. The van der Waals surface area contributed by atoms with Gasteiger partial charge in [0.1, 0.15) is 5.75 Å². The third-order valence-electron chi connectivity index (χ3n) is 2.46. The standard InChI is InChI=1S/C16H18O6/c1-4-20-15(18)13(16(19)21-5-2)10-14(17)22-12-8-6-7-11(3)9-12/h6-10H,4-5H2,1-3H3. The Kier molecular flexibility index (Phi) is 6.82. The van der Waals surface area contributed by atoms with E-state index in [1.165, 1.54) is 0 Å². The van der Waals surface area contributed by atoms with Crippen LogP contribution < -0.4 is 4.74 Å². The number of hydrogen-bond acceptors (Lipinski definition) is 6. The van der Waals surface area contributed by atoms with Gasteiger partial charge in [0.2, 0.25) is 0 Å². The van der Waals surface area contributed by atoms with Crippen LogP contribution in [0.15, 0.2) is 35.9 Å². The van der Waals surface area contributed by atoms with Gasteiger partial charge in [-0.15, -0.1) is 0 Å². The van der Waals surface area contributed by atoms with E-state index in [1.807, 2.05) is 13.0 Å². The maximum absolute atomic E-state index is 11.8. The predicted molar refractivity (Wildman–Crippen MR) is 78.2 cm³/mol. The predicted octanol–water partition coefficient (Wildman–Crippen LogP) is 1.95. The summed E-state index contributed by atoms with van der Waals surface area (Å²) in [6.07, 6.45) is 0.776. The average Bonchev–Trinajstić information content (AvgIpc) is 2.45. The minimum absolute atomic E-state index is 0.0719. The lowest BCUT2D eigenvalue weighted by Crippen LogP contribution is -2.20. The van der Waals surface area contributed by atoms with Gasteiger partial charge in [0.15, 0.2) is 5.57 Å². The zero-order valence-corrected chi connectivity index (χ0v) is 12.8. The molecule has 0 heterocycles. The van der Waals surface area contributed by atoms with E-state index in [4.69, 9.17) is 14.2 Å². The molecule has 118 valence electrons. The van der Waals surface area contributed by atoms with Crippen molar-refractivity contribution in [3.05, 3.63) is 41.5 Å². The molecule has 1 aromatic carbocycles. The van der Waals surface area contributed by atoms with Crippen LogP contribution in [0.25, 0.3) is 0 Å². The summed E-state index contributed by atoms with van der Waals surface area (Å²) in [5, 5.41) is 0. The van der Waals surface area contributed by atoms with Crippen LogP contribution in [0.4, 0.5) is 0 Å². The van der Waals surface area contributed by atoms with Crippen LogP contribution in [0.3, 0.4) is 0 Å². The summed E-state index contributed by atoms with van der Waals surface area (Å²) in [6, 6.07) is 6.81. The molecule has 1 rings (SSSR count). The Bertz CT molecular complexity index is 568. The topological polar surface area (TPSA) is 78.9 Å². The van der Waals surface area contributed by atoms with Crippen molar-refractivity contribution in [1.82, 2.24) is 0 Å². The van der Waals surface area contributed by atoms with E-state index in [1.54, 1.807) is 32.0 Å². The SMILES string of the molecule is CCOC(=O)C(=CC(=O)Oc1cccc(C)c1)C(=O)OCC. The van der Waals surface area contributed by atoms with Crippen molar-refractivity contribution in [2.24, 2.45) is 0 Å². The quantitative estimate of drug-likeness (QED) is 0.263. The van der Waals surface area contributed by atoms with Crippen molar-refractivity contribution in [3.8, 4) is 5.75 Å². The van der Waals surface area contributed by atoms with Crippen LogP contribution in [0, 0.1) is 6.92 Å². The van der Waals surface area contributed by atoms with Crippen molar-refractivity contribution in [3.63, 3.8) is 0 Å². The molecule has 0 aliphatic heterocycles. The highest BCUT2D eigenvalue weighted by atomic mass is 16.6. The first-order valence-electron chi connectivity index (χ1n) is 6.82. The molecule has 6 heteroatoms. The fourth-order valence-corrected chi connectivity index (χ4v) is 1.56. The van der Waals surface area contributed by atoms with Gasteiger partial charge in [0, 0.05) is 6.08 Å². The normalized spacial score (nSPS) is 9.59. The molecule has 0 N–H and O–H groups in total. The summed E-state index contributed by atoms with van der Waals surface area (Å²) >= 11 is 0. The molecule has 0 amide bonds. The minimum Gasteiger partial charge on any atom is -0.462 e. The highest BCUT2D eigenvalue weighted by molar-refractivity contribution is 6.17. The summed E-state index contributed by atoms with van der Waals surface area (Å²) in [4.78, 5) is 35.2. The molecule has 0 saturated heterocycles. The molecule has 0 unspecified atom stereocenters. The molecule has 0 atom stereocenters. The van der Waals surface area contributed by atoms with Gasteiger partial charge in [-0.2, -0.15) is 0 Å². The van der Waals surface area contributed by atoms with Crippen LogP contribution in [-0.2, 0) is 23.9 Å². The molecular weight excluding hydrogens is 288 g/mol. The number of aryl methyl sites for hydroxylation is 1. The summed E-state index contributed by atoms with van der Waals surface area (Å²) in [5.41, 5.74) is 0.409. The maximum atomic E-state index is 11.8. The van der Waals surface area contributed by atoms with Crippen molar-refractivity contribution >= 4 is 17.9 Å². The van der Waals surface area contributed by atoms with Gasteiger partial charge in [0.25, 0.3) is 0 Å². The summed E-state index contributed by atoms with van der Waals surface area (Å²) in [6.45, 7) is 5.17. The van der Waals surface area contributed by atoms with Gasteiger partial charge < -0.3 is 14.2 Å². The Morgan fingerprint density at radius 3 is 2.14 bits per heavy atom. The first kappa shape index (κ1) is 17.4. The number of hydrogen-bond donors (Lipinski definition) is 0.